The van der Waals surface area contributed by atoms with Crippen LogP contribution in [0.3, 0.4) is 0 Å². The lowest BCUT2D eigenvalue weighted by atomic mass is 10.1. The number of carbonyl (C=O) groups is 1. The molecule has 27 heavy (non-hydrogen) atoms. The second-order valence-corrected chi connectivity index (χ2v) is 7.18. The predicted octanol–water partition coefficient (Wildman–Crippen LogP) is 5.30. The minimum absolute atomic E-state index is 0.194. The zero-order valence-electron chi connectivity index (χ0n) is 16.4. The Balaban J connectivity index is 1.70. The van der Waals surface area contributed by atoms with Crippen LogP contribution in [-0.4, -0.2) is 10.5 Å². The molecule has 1 aromatic carbocycles. The van der Waals surface area contributed by atoms with Crippen molar-refractivity contribution in [3.8, 4) is 0 Å². The van der Waals surface area contributed by atoms with Gasteiger partial charge >= 0.3 is 5.76 Å². The van der Waals surface area contributed by atoms with Gasteiger partial charge in [-0.2, -0.15) is 4.57 Å². The van der Waals surface area contributed by atoms with E-state index in [4.69, 9.17) is 4.42 Å². The number of para-hydroxylation sites is 1. The van der Waals surface area contributed by atoms with Crippen LogP contribution in [-0.2, 0) is 0 Å². The van der Waals surface area contributed by atoms with E-state index in [1.54, 1.807) is 24.3 Å². The molecule has 0 radical (unpaired) electrons. The van der Waals surface area contributed by atoms with E-state index in [0.29, 0.717) is 11.0 Å². The summed E-state index contributed by atoms with van der Waals surface area (Å²) in [5, 5.41) is 0.254. The van der Waals surface area contributed by atoms with Crippen LogP contribution in [0.1, 0.15) is 88.8 Å². The number of aromatic nitrogens is 1. The monoisotopic (exact) mass is 373 g/mol. The van der Waals surface area contributed by atoms with Gasteiger partial charge < -0.3 is 4.42 Å². The number of nitrogens with zero attached hydrogens (tertiary/aromatic N) is 1. The molecule has 0 amide bonds. The van der Waals surface area contributed by atoms with Crippen LogP contribution < -0.4 is 11.3 Å². The summed E-state index contributed by atoms with van der Waals surface area (Å²) in [5.74, 6) is -1.37. The van der Waals surface area contributed by atoms with Gasteiger partial charge in [0.15, 0.2) is 0 Å². The first-order valence-corrected chi connectivity index (χ1v) is 10.3. The highest BCUT2D eigenvalue weighted by molar-refractivity contribution is 5.82. The third kappa shape index (κ3) is 6.49. The maximum atomic E-state index is 12.4. The maximum absolute atomic E-state index is 12.4. The zero-order valence-corrected chi connectivity index (χ0v) is 16.4. The Labute approximate surface area is 160 Å². The molecule has 0 aliphatic heterocycles. The summed E-state index contributed by atoms with van der Waals surface area (Å²) < 4.78 is 5.73. The summed E-state index contributed by atoms with van der Waals surface area (Å²) in [5.41, 5.74) is -0.374. The van der Waals surface area contributed by atoms with E-state index in [-0.39, 0.29) is 17.4 Å². The molecule has 5 heteroatoms. The molecule has 148 valence electrons. The topological polar surface area (TPSA) is 69.3 Å². The van der Waals surface area contributed by atoms with Crippen molar-refractivity contribution < 1.29 is 9.21 Å². The molecule has 2 rings (SSSR count). The SMILES string of the molecule is CCCCCCCCCCCCCC(=O)n1c(=O)oc2ccccc2c1=O. The molecule has 0 fully saturated rings. The van der Waals surface area contributed by atoms with Gasteiger partial charge in [-0.1, -0.05) is 83.3 Å². The molecular weight excluding hydrogens is 342 g/mol. The van der Waals surface area contributed by atoms with Crippen LogP contribution in [0.4, 0.5) is 0 Å². The van der Waals surface area contributed by atoms with Crippen LogP contribution in [0.15, 0.2) is 38.3 Å². The first kappa shape index (κ1) is 21.1. The maximum Gasteiger partial charge on any atom is 0.429 e. The highest BCUT2D eigenvalue weighted by Crippen LogP contribution is 2.12. The average Bonchev–Trinajstić information content (AvgIpc) is 2.66. The van der Waals surface area contributed by atoms with E-state index in [2.05, 4.69) is 6.92 Å². The van der Waals surface area contributed by atoms with Crippen molar-refractivity contribution in [2.45, 2.75) is 84.0 Å². The number of hydrogen-bond acceptors (Lipinski definition) is 4. The number of carbonyl (C=O) groups excluding carboxylic acids is 1. The van der Waals surface area contributed by atoms with Crippen molar-refractivity contribution in [1.82, 2.24) is 4.57 Å². The van der Waals surface area contributed by atoms with Crippen molar-refractivity contribution in [3.05, 3.63) is 45.2 Å². The van der Waals surface area contributed by atoms with E-state index < -0.39 is 17.2 Å². The van der Waals surface area contributed by atoms with Crippen molar-refractivity contribution in [1.29, 1.82) is 0 Å². The van der Waals surface area contributed by atoms with Crippen molar-refractivity contribution in [2.24, 2.45) is 0 Å². The molecule has 0 atom stereocenters. The summed E-state index contributed by atoms with van der Waals surface area (Å²) in [6.45, 7) is 2.23. The van der Waals surface area contributed by atoms with E-state index in [0.717, 1.165) is 12.8 Å². The Morgan fingerprint density at radius 2 is 1.41 bits per heavy atom. The molecule has 0 unspecified atom stereocenters. The number of unbranched alkanes of at least 4 members (excludes halogenated alkanes) is 10. The number of hydrogen-bond donors (Lipinski definition) is 0. The van der Waals surface area contributed by atoms with E-state index in [9.17, 15) is 14.4 Å². The molecule has 2 aromatic rings. The second-order valence-electron chi connectivity index (χ2n) is 7.18. The second kappa shape index (κ2) is 11.5. The lowest BCUT2D eigenvalue weighted by Gasteiger charge is -2.05. The number of fused-ring (bicyclic) bond motifs is 1. The smallest absolute Gasteiger partial charge is 0.409 e. The minimum atomic E-state index is -0.897. The average molecular weight is 373 g/mol. The molecule has 1 heterocycles. The zero-order chi connectivity index (χ0) is 19.5. The highest BCUT2D eigenvalue weighted by atomic mass is 16.4. The highest BCUT2D eigenvalue weighted by Gasteiger charge is 2.15. The molecule has 0 N–H and O–H groups in total. The van der Waals surface area contributed by atoms with E-state index >= 15 is 0 Å². The molecule has 0 aliphatic carbocycles. The fraction of sp³-hybridized carbons (Fsp3) is 0.591. The van der Waals surface area contributed by atoms with Gasteiger partial charge in [0.05, 0.1) is 5.39 Å². The van der Waals surface area contributed by atoms with Gasteiger partial charge in [0.2, 0.25) is 5.91 Å². The third-order valence-electron chi connectivity index (χ3n) is 4.94. The molecule has 5 nitrogen and oxygen atoms in total. The van der Waals surface area contributed by atoms with Crippen LogP contribution in [0.2, 0.25) is 0 Å². The van der Waals surface area contributed by atoms with Gasteiger partial charge in [-0.15, -0.1) is 0 Å². The van der Waals surface area contributed by atoms with E-state index in [1.165, 1.54) is 51.4 Å². The van der Waals surface area contributed by atoms with Gasteiger partial charge in [-0.25, -0.2) is 4.79 Å². The first-order valence-electron chi connectivity index (χ1n) is 10.3. The Hall–Kier alpha value is -2.17. The van der Waals surface area contributed by atoms with Gasteiger partial charge in [0.25, 0.3) is 5.56 Å². The van der Waals surface area contributed by atoms with Crippen LogP contribution in [0.25, 0.3) is 11.0 Å². The lowest BCUT2D eigenvalue weighted by molar-refractivity contribution is 0.0881. The molecule has 0 saturated heterocycles. The van der Waals surface area contributed by atoms with Crippen LogP contribution >= 0.6 is 0 Å². The van der Waals surface area contributed by atoms with Gasteiger partial charge in [0, 0.05) is 6.42 Å². The summed E-state index contributed by atoms with van der Waals surface area (Å²) in [6, 6.07) is 6.48. The molecule has 0 spiro atoms. The summed E-state index contributed by atoms with van der Waals surface area (Å²) in [4.78, 5) is 36.6. The fourth-order valence-corrected chi connectivity index (χ4v) is 3.34. The van der Waals surface area contributed by atoms with Crippen LogP contribution in [0, 0.1) is 0 Å². The summed E-state index contributed by atoms with van der Waals surface area (Å²) in [7, 11) is 0. The first-order chi connectivity index (χ1) is 13.1. The van der Waals surface area contributed by atoms with E-state index in [1.807, 2.05) is 0 Å². The van der Waals surface area contributed by atoms with Gasteiger partial charge in [0.1, 0.15) is 5.58 Å². The largest absolute Gasteiger partial charge is 0.429 e. The standard InChI is InChI=1S/C22H31NO4/c1-2-3-4-5-6-7-8-9-10-11-12-17-20(24)23-21(25)18-15-13-14-16-19(18)27-22(23)26/h13-16H,2-12,17H2,1H3. The molecule has 0 bridgehead atoms. The van der Waals surface area contributed by atoms with Crippen molar-refractivity contribution >= 4 is 16.9 Å². The Morgan fingerprint density at radius 1 is 0.852 bits per heavy atom. The van der Waals surface area contributed by atoms with Crippen molar-refractivity contribution in [2.75, 3.05) is 0 Å². The Kier molecular flexibility index (Phi) is 9.02. The van der Waals surface area contributed by atoms with Crippen LogP contribution in [0.5, 0.6) is 0 Å². The van der Waals surface area contributed by atoms with Crippen molar-refractivity contribution in [3.63, 3.8) is 0 Å². The number of benzene rings is 1. The Bertz CT molecular complexity index is 834. The molecule has 0 saturated carbocycles. The molecule has 1 aromatic heterocycles. The molecule has 0 aliphatic rings. The normalized spacial score (nSPS) is 11.1. The summed E-state index contributed by atoms with van der Waals surface area (Å²) in [6.07, 6.45) is 13.3. The Morgan fingerprint density at radius 3 is 2.04 bits per heavy atom. The quantitative estimate of drug-likeness (QED) is 0.474. The third-order valence-corrected chi connectivity index (χ3v) is 4.94. The number of rotatable bonds is 12. The van der Waals surface area contributed by atoms with Gasteiger partial charge in [-0.05, 0) is 18.6 Å². The summed E-state index contributed by atoms with van der Waals surface area (Å²) >= 11 is 0. The predicted molar refractivity (Wildman–Crippen MR) is 108 cm³/mol. The lowest BCUT2D eigenvalue weighted by Crippen LogP contribution is -2.37. The molecular formula is C22H31NO4. The fourth-order valence-electron chi connectivity index (χ4n) is 3.34. The minimum Gasteiger partial charge on any atom is -0.409 e. The van der Waals surface area contributed by atoms with Gasteiger partial charge in [-0.3, -0.25) is 9.59 Å².